The highest BCUT2D eigenvalue weighted by Crippen LogP contribution is 2.09. The maximum absolute atomic E-state index is 10.7. The second kappa shape index (κ2) is 6.50. The zero-order chi connectivity index (χ0) is 13.7. The molecule has 0 aliphatic carbocycles. The van der Waals surface area contributed by atoms with Gasteiger partial charge < -0.3 is 10.4 Å². The van der Waals surface area contributed by atoms with E-state index in [4.69, 9.17) is 5.11 Å². The molecule has 0 aliphatic rings. The van der Waals surface area contributed by atoms with E-state index in [0.717, 1.165) is 18.5 Å². The van der Waals surface area contributed by atoms with E-state index in [0.29, 0.717) is 11.6 Å². The third kappa shape index (κ3) is 4.19. The van der Waals surface area contributed by atoms with E-state index in [1.807, 2.05) is 12.1 Å². The van der Waals surface area contributed by atoms with Gasteiger partial charge in [0.15, 0.2) is 0 Å². The maximum Gasteiger partial charge on any atom is 0.335 e. The molecule has 2 rings (SSSR count). The van der Waals surface area contributed by atoms with Crippen LogP contribution in [0.4, 0.5) is 0 Å². The monoisotopic (exact) mass is 275 g/mol. The van der Waals surface area contributed by atoms with Crippen LogP contribution in [0.15, 0.2) is 41.1 Å². The number of benzene rings is 1. The Kier molecular flexibility index (Phi) is 4.71. The van der Waals surface area contributed by atoms with Crippen molar-refractivity contribution in [1.82, 2.24) is 5.32 Å². The predicted molar refractivity (Wildman–Crippen MR) is 77.7 cm³/mol. The Morgan fingerprint density at radius 2 is 2.00 bits per heavy atom. The Balaban J connectivity index is 1.83. The minimum absolute atomic E-state index is 0.329. The summed E-state index contributed by atoms with van der Waals surface area (Å²) in [7, 11) is 0. The number of hydrogen-bond donors (Lipinski definition) is 2. The smallest absolute Gasteiger partial charge is 0.335 e. The van der Waals surface area contributed by atoms with E-state index in [9.17, 15) is 4.79 Å². The topological polar surface area (TPSA) is 49.3 Å². The molecule has 0 aliphatic heterocycles. The number of nitrogens with one attached hydrogen (secondary N) is 1. The van der Waals surface area contributed by atoms with Crippen LogP contribution in [0.1, 0.15) is 28.4 Å². The molecular weight excluding hydrogens is 258 g/mol. The predicted octanol–water partition coefficient (Wildman–Crippen LogP) is 3.17. The van der Waals surface area contributed by atoms with Crippen LogP contribution < -0.4 is 5.32 Å². The number of thiophene rings is 1. The number of aromatic carboxylic acids is 1. The molecule has 0 spiro atoms. The molecule has 3 nitrogen and oxygen atoms in total. The Bertz CT molecular complexity index is 520. The molecule has 0 fully saturated rings. The highest BCUT2D eigenvalue weighted by molar-refractivity contribution is 7.07. The van der Waals surface area contributed by atoms with Gasteiger partial charge in [0.1, 0.15) is 0 Å². The van der Waals surface area contributed by atoms with Gasteiger partial charge in [-0.1, -0.05) is 12.1 Å². The highest BCUT2D eigenvalue weighted by Gasteiger charge is 2.05. The standard InChI is InChI=1S/C15H17NO2S/c1-11(8-13-6-7-19-10-13)16-9-12-2-4-14(5-3-12)15(17)18/h2-7,10-11,16H,8-9H2,1H3,(H,17,18). The molecule has 0 amide bonds. The van der Waals surface area contributed by atoms with Gasteiger partial charge in [0, 0.05) is 12.6 Å². The van der Waals surface area contributed by atoms with Crippen LogP contribution in [0.2, 0.25) is 0 Å². The molecule has 0 saturated carbocycles. The average molecular weight is 275 g/mol. The summed E-state index contributed by atoms with van der Waals surface area (Å²) >= 11 is 1.72. The van der Waals surface area contributed by atoms with E-state index >= 15 is 0 Å². The van der Waals surface area contributed by atoms with Crippen molar-refractivity contribution < 1.29 is 9.90 Å². The van der Waals surface area contributed by atoms with Gasteiger partial charge in [0.2, 0.25) is 0 Å². The minimum Gasteiger partial charge on any atom is -0.478 e. The number of carboxylic acid groups (broad SMARTS) is 1. The van der Waals surface area contributed by atoms with E-state index in [1.165, 1.54) is 5.56 Å². The summed E-state index contributed by atoms with van der Waals surface area (Å²) in [5.41, 5.74) is 2.78. The van der Waals surface area contributed by atoms with Gasteiger partial charge in [-0.25, -0.2) is 4.79 Å². The largest absolute Gasteiger partial charge is 0.478 e. The molecular formula is C15H17NO2S. The van der Waals surface area contributed by atoms with E-state index in [2.05, 4.69) is 29.1 Å². The molecule has 2 aromatic rings. The van der Waals surface area contributed by atoms with Gasteiger partial charge in [-0.3, -0.25) is 0 Å². The third-order valence-electron chi connectivity index (χ3n) is 2.98. The van der Waals surface area contributed by atoms with E-state index < -0.39 is 5.97 Å². The van der Waals surface area contributed by atoms with Crippen molar-refractivity contribution in [3.05, 3.63) is 57.8 Å². The Labute approximate surface area is 116 Å². The van der Waals surface area contributed by atoms with Gasteiger partial charge in [0.25, 0.3) is 0 Å². The number of carbonyl (C=O) groups is 1. The number of rotatable bonds is 6. The molecule has 0 bridgehead atoms. The molecule has 19 heavy (non-hydrogen) atoms. The first kappa shape index (κ1) is 13.8. The average Bonchev–Trinajstić information content (AvgIpc) is 2.89. The number of carboxylic acids is 1. The van der Waals surface area contributed by atoms with Crippen molar-refractivity contribution in [2.45, 2.75) is 25.9 Å². The van der Waals surface area contributed by atoms with Crippen molar-refractivity contribution in [1.29, 1.82) is 0 Å². The van der Waals surface area contributed by atoms with Crippen LogP contribution in [-0.2, 0) is 13.0 Å². The quantitative estimate of drug-likeness (QED) is 0.851. The molecule has 1 aromatic carbocycles. The minimum atomic E-state index is -0.884. The molecule has 2 N–H and O–H groups in total. The second-order valence-electron chi connectivity index (χ2n) is 4.62. The summed E-state index contributed by atoms with van der Waals surface area (Å²) in [6.07, 6.45) is 1.01. The van der Waals surface area contributed by atoms with Crippen molar-refractivity contribution >= 4 is 17.3 Å². The lowest BCUT2D eigenvalue weighted by Crippen LogP contribution is -2.27. The fourth-order valence-electron chi connectivity index (χ4n) is 1.89. The molecule has 1 aromatic heterocycles. The lowest BCUT2D eigenvalue weighted by molar-refractivity contribution is 0.0697. The number of hydrogen-bond acceptors (Lipinski definition) is 3. The summed E-state index contributed by atoms with van der Waals surface area (Å²) in [5.74, 6) is -0.884. The molecule has 4 heteroatoms. The molecule has 0 saturated heterocycles. The molecule has 1 heterocycles. The second-order valence-corrected chi connectivity index (χ2v) is 5.40. The van der Waals surface area contributed by atoms with Crippen molar-refractivity contribution in [3.63, 3.8) is 0 Å². The van der Waals surface area contributed by atoms with Gasteiger partial charge in [-0.15, -0.1) is 0 Å². The molecule has 1 unspecified atom stereocenters. The van der Waals surface area contributed by atoms with E-state index in [-0.39, 0.29) is 0 Å². The van der Waals surface area contributed by atoms with E-state index in [1.54, 1.807) is 23.5 Å². The van der Waals surface area contributed by atoms with Crippen LogP contribution in [0.5, 0.6) is 0 Å². The zero-order valence-corrected chi connectivity index (χ0v) is 11.6. The summed E-state index contributed by atoms with van der Waals surface area (Å²) in [4.78, 5) is 10.7. The Morgan fingerprint density at radius 1 is 1.26 bits per heavy atom. The van der Waals surface area contributed by atoms with Crippen LogP contribution in [0, 0.1) is 0 Å². The fourth-order valence-corrected chi connectivity index (χ4v) is 2.57. The van der Waals surface area contributed by atoms with Gasteiger partial charge in [-0.05, 0) is 53.4 Å². The Hall–Kier alpha value is -1.65. The molecule has 100 valence electrons. The SMILES string of the molecule is CC(Cc1ccsc1)NCc1ccc(C(=O)O)cc1. The van der Waals surface area contributed by atoms with Gasteiger partial charge in [0.05, 0.1) is 5.56 Å². The van der Waals surface area contributed by atoms with Crippen LogP contribution in [-0.4, -0.2) is 17.1 Å². The van der Waals surface area contributed by atoms with Crippen LogP contribution in [0.25, 0.3) is 0 Å². The first-order valence-electron chi connectivity index (χ1n) is 6.22. The van der Waals surface area contributed by atoms with Crippen LogP contribution in [0.3, 0.4) is 0 Å². The normalized spacial score (nSPS) is 12.3. The lowest BCUT2D eigenvalue weighted by Gasteiger charge is -2.13. The first-order valence-corrected chi connectivity index (χ1v) is 7.16. The Morgan fingerprint density at radius 3 is 2.58 bits per heavy atom. The summed E-state index contributed by atoms with van der Waals surface area (Å²) in [6, 6.07) is 9.53. The highest BCUT2D eigenvalue weighted by atomic mass is 32.1. The van der Waals surface area contributed by atoms with Crippen molar-refractivity contribution in [2.75, 3.05) is 0 Å². The van der Waals surface area contributed by atoms with Crippen LogP contribution >= 0.6 is 11.3 Å². The third-order valence-corrected chi connectivity index (χ3v) is 3.71. The van der Waals surface area contributed by atoms with Crippen molar-refractivity contribution in [3.8, 4) is 0 Å². The molecule has 1 atom stereocenters. The lowest BCUT2D eigenvalue weighted by atomic mass is 10.1. The summed E-state index contributed by atoms with van der Waals surface area (Å²) < 4.78 is 0. The zero-order valence-electron chi connectivity index (χ0n) is 10.8. The fraction of sp³-hybridized carbons (Fsp3) is 0.267. The first-order chi connectivity index (χ1) is 9.15. The molecule has 0 radical (unpaired) electrons. The maximum atomic E-state index is 10.7. The van der Waals surface area contributed by atoms with Gasteiger partial charge >= 0.3 is 5.97 Å². The van der Waals surface area contributed by atoms with Gasteiger partial charge in [-0.2, -0.15) is 11.3 Å². The summed E-state index contributed by atoms with van der Waals surface area (Å²) in [5, 5.41) is 16.5. The summed E-state index contributed by atoms with van der Waals surface area (Å²) in [6.45, 7) is 2.91. The van der Waals surface area contributed by atoms with Crippen molar-refractivity contribution in [2.24, 2.45) is 0 Å².